The van der Waals surface area contributed by atoms with Crippen molar-refractivity contribution >= 4 is 40.8 Å². The number of aryl methyl sites for hydroxylation is 1. The third-order valence-electron chi connectivity index (χ3n) is 5.82. The lowest BCUT2D eigenvalue weighted by Crippen LogP contribution is -2.43. The maximum atomic E-state index is 5.71. The summed E-state index contributed by atoms with van der Waals surface area (Å²) in [6.45, 7) is 6.02. The number of furan rings is 1. The van der Waals surface area contributed by atoms with Gasteiger partial charge in [0.25, 0.3) is 0 Å². The second kappa shape index (κ2) is 10.9. The summed E-state index contributed by atoms with van der Waals surface area (Å²) in [5, 5.41) is 8.29. The van der Waals surface area contributed by atoms with Crippen LogP contribution in [-0.4, -0.2) is 49.1 Å². The Balaban J connectivity index is 0.00000256. The number of aliphatic imine (C=N–C) groups is 1. The van der Waals surface area contributed by atoms with Gasteiger partial charge in [-0.1, -0.05) is 12.1 Å². The zero-order valence-corrected chi connectivity index (χ0v) is 20.1. The van der Waals surface area contributed by atoms with Crippen LogP contribution in [0.25, 0.3) is 10.9 Å². The summed E-state index contributed by atoms with van der Waals surface area (Å²) in [5.74, 6) is 1.85. The molecule has 1 aliphatic heterocycles. The fraction of sp³-hybridized carbons (Fsp3) is 0.435. The largest absolute Gasteiger partial charge is 0.468 e. The van der Waals surface area contributed by atoms with Crippen molar-refractivity contribution in [3.05, 3.63) is 59.7 Å². The Labute approximate surface area is 195 Å². The number of hydrogen-bond donors (Lipinski definition) is 3. The first kappa shape index (κ1) is 22.7. The molecule has 1 aromatic carbocycles. The molecule has 4 rings (SSSR count). The summed E-state index contributed by atoms with van der Waals surface area (Å²) in [7, 11) is 1.82. The minimum atomic E-state index is 0. The van der Waals surface area contributed by atoms with E-state index in [0.29, 0.717) is 0 Å². The smallest absolute Gasteiger partial charge is 0.191 e. The van der Waals surface area contributed by atoms with E-state index in [2.05, 4.69) is 62.9 Å². The Morgan fingerprint density at radius 3 is 2.77 bits per heavy atom. The van der Waals surface area contributed by atoms with Crippen molar-refractivity contribution in [3.63, 3.8) is 0 Å². The quantitative estimate of drug-likeness (QED) is 0.247. The van der Waals surface area contributed by atoms with Gasteiger partial charge in [0, 0.05) is 37.2 Å². The minimum absolute atomic E-state index is 0. The number of H-pyrrole nitrogens is 1. The number of rotatable bonds is 7. The summed E-state index contributed by atoms with van der Waals surface area (Å²) in [6.07, 6.45) is 7.34. The first-order valence-electron chi connectivity index (χ1n) is 10.5. The van der Waals surface area contributed by atoms with Crippen LogP contribution < -0.4 is 10.6 Å². The van der Waals surface area contributed by atoms with Crippen molar-refractivity contribution in [1.82, 2.24) is 20.5 Å². The van der Waals surface area contributed by atoms with Crippen LogP contribution in [0.5, 0.6) is 0 Å². The molecule has 0 spiro atoms. The summed E-state index contributed by atoms with van der Waals surface area (Å²) in [6, 6.07) is 10.7. The first-order chi connectivity index (χ1) is 14.3. The van der Waals surface area contributed by atoms with Crippen molar-refractivity contribution in [2.45, 2.75) is 32.2 Å². The van der Waals surface area contributed by atoms with Crippen LogP contribution in [0.2, 0.25) is 0 Å². The number of halogens is 1. The number of hydrogen-bond acceptors (Lipinski definition) is 3. The highest BCUT2D eigenvalue weighted by Gasteiger charge is 2.25. The molecule has 2 aromatic heterocycles. The molecular weight excluding hydrogens is 489 g/mol. The van der Waals surface area contributed by atoms with Crippen LogP contribution in [0.4, 0.5) is 0 Å². The van der Waals surface area contributed by atoms with Gasteiger partial charge in [0.15, 0.2) is 5.96 Å². The number of guanidine groups is 1. The molecule has 0 aliphatic carbocycles. The molecule has 162 valence electrons. The van der Waals surface area contributed by atoms with Gasteiger partial charge in [-0.15, -0.1) is 24.0 Å². The van der Waals surface area contributed by atoms with Gasteiger partial charge in [-0.3, -0.25) is 9.89 Å². The van der Waals surface area contributed by atoms with Crippen molar-refractivity contribution in [2.75, 3.05) is 33.2 Å². The van der Waals surface area contributed by atoms with Crippen molar-refractivity contribution < 1.29 is 4.42 Å². The zero-order chi connectivity index (χ0) is 20.1. The van der Waals surface area contributed by atoms with E-state index in [9.17, 15) is 0 Å². The molecule has 0 saturated carbocycles. The maximum absolute atomic E-state index is 5.71. The van der Waals surface area contributed by atoms with E-state index >= 15 is 0 Å². The SMILES string of the molecule is CN=C(NCCc1c[nH]c2cccc(C)c12)NCC(c1ccco1)N1CCCC1.I. The van der Waals surface area contributed by atoms with Crippen LogP contribution in [0, 0.1) is 6.92 Å². The Hall–Kier alpha value is -2.00. The third-order valence-corrected chi connectivity index (χ3v) is 5.82. The van der Waals surface area contributed by atoms with Gasteiger partial charge in [0.05, 0.1) is 12.3 Å². The molecular formula is C23H32IN5O. The van der Waals surface area contributed by atoms with Gasteiger partial charge in [-0.25, -0.2) is 0 Å². The number of fused-ring (bicyclic) bond motifs is 1. The molecule has 1 atom stereocenters. The molecule has 1 fully saturated rings. The molecule has 3 aromatic rings. The number of nitrogens with one attached hydrogen (secondary N) is 3. The summed E-state index contributed by atoms with van der Waals surface area (Å²) in [5.41, 5.74) is 3.86. The van der Waals surface area contributed by atoms with Crippen LogP contribution >= 0.6 is 24.0 Å². The van der Waals surface area contributed by atoms with Crippen molar-refractivity contribution in [1.29, 1.82) is 0 Å². The van der Waals surface area contributed by atoms with Gasteiger partial charge in [0.2, 0.25) is 0 Å². The zero-order valence-electron chi connectivity index (χ0n) is 17.8. The molecule has 0 amide bonds. The Morgan fingerprint density at radius 1 is 1.20 bits per heavy atom. The molecule has 6 nitrogen and oxygen atoms in total. The lowest BCUT2D eigenvalue weighted by molar-refractivity contribution is 0.215. The van der Waals surface area contributed by atoms with Gasteiger partial charge < -0.3 is 20.0 Å². The number of nitrogens with zero attached hydrogens (tertiary/aromatic N) is 2. The van der Waals surface area contributed by atoms with Gasteiger partial charge in [0.1, 0.15) is 5.76 Å². The Morgan fingerprint density at radius 2 is 2.03 bits per heavy atom. The Kier molecular flexibility index (Phi) is 8.21. The number of benzene rings is 1. The molecule has 7 heteroatoms. The fourth-order valence-corrected chi connectivity index (χ4v) is 4.32. The van der Waals surface area contributed by atoms with Gasteiger partial charge >= 0.3 is 0 Å². The second-order valence-corrected chi connectivity index (χ2v) is 7.72. The molecule has 1 aliphatic rings. The van der Waals surface area contributed by atoms with Crippen LogP contribution in [0.3, 0.4) is 0 Å². The maximum Gasteiger partial charge on any atom is 0.191 e. The normalized spacial score (nSPS) is 15.9. The van der Waals surface area contributed by atoms with Gasteiger partial charge in [-0.2, -0.15) is 0 Å². The number of aromatic amines is 1. The second-order valence-electron chi connectivity index (χ2n) is 7.72. The fourth-order valence-electron chi connectivity index (χ4n) is 4.32. The van der Waals surface area contributed by atoms with E-state index < -0.39 is 0 Å². The van der Waals surface area contributed by atoms with E-state index in [1.165, 1.54) is 34.9 Å². The molecule has 1 unspecified atom stereocenters. The predicted molar refractivity (Wildman–Crippen MR) is 134 cm³/mol. The highest BCUT2D eigenvalue weighted by Crippen LogP contribution is 2.25. The molecule has 3 heterocycles. The molecule has 0 bridgehead atoms. The van der Waals surface area contributed by atoms with E-state index in [-0.39, 0.29) is 30.0 Å². The molecule has 30 heavy (non-hydrogen) atoms. The Bertz CT molecular complexity index is 944. The molecule has 0 radical (unpaired) electrons. The van der Waals surface area contributed by atoms with E-state index in [1.807, 2.05) is 13.1 Å². The lowest BCUT2D eigenvalue weighted by atomic mass is 10.1. The average molecular weight is 521 g/mol. The number of aromatic nitrogens is 1. The summed E-state index contributed by atoms with van der Waals surface area (Å²) >= 11 is 0. The summed E-state index contributed by atoms with van der Waals surface area (Å²) < 4.78 is 5.71. The topological polar surface area (TPSA) is 68.6 Å². The average Bonchev–Trinajstić information content (AvgIpc) is 3.49. The molecule has 3 N–H and O–H groups in total. The van der Waals surface area contributed by atoms with Crippen molar-refractivity contribution in [3.8, 4) is 0 Å². The van der Waals surface area contributed by atoms with Crippen LogP contribution in [0.1, 0.15) is 35.8 Å². The highest BCUT2D eigenvalue weighted by molar-refractivity contribution is 14.0. The monoisotopic (exact) mass is 521 g/mol. The van der Waals surface area contributed by atoms with Crippen LogP contribution in [-0.2, 0) is 6.42 Å². The molecule has 1 saturated heterocycles. The van der Waals surface area contributed by atoms with Gasteiger partial charge in [-0.05, 0) is 68.6 Å². The first-order valence-corrected chi connectivity index (χ1v) is 10.5. The standard InChI is InChI=1S/C23H31N5O.HI/c1-17-7-5-8-19-22(17)18(15-26-19)10-11-25-23(24-2)27-16-20(21-9-6-14-29-21)28-12-3-4-13-28;/h5-9,14-15,20,26H,3-4,10-13,16H2,1-2H3,(H2,24,25,27);1H. The van der Waals surface area contributed by atoms with E-state index in [4.69, 9.17) is 4.42 Å². The summed E-state index contributed by atoms with van der Waals surface area (Å²) in [4.78, 5) is 10.3. The minimum Gasteiger partial charge on any atom is -0.468 e. The number of likely N-dealkylation sites (tertiary alicyclic amines) is 1. The predicted octanol–water partition coefficient (Wildman–Crippen LogP) is 4.23. The van der Waals surface area contributed by atoms with E-state index in [1.54, 1.807) is 6.26 Å². The third kappa shape index (κ3) is 5.18. The highest BCUT2D eigenvalue weighted by atomic mass is 127. The van der Waals surface area contributed by atoms with Crippen LogP contribution in [0.15, 0.2) is 52.2 Å². The van der Waals surface area contributed by atoms with Crippen molar-refractivity contribution in [2.24, 2.45) is 4.99 Å². The lowest BCUT2D eigenvalue weighted by Gasteiger charge is -2.26. The van der Waals surface area contributed by atoms with E-state index in [0.717, 1.165) is 44.3 Å².